The number of rotatable bonds is 7. The highest BCUT2D eigenvalue weighted by Crippen LogP contribution is 2.46. The third kappa shape index (κ3) is 4.38. The molecule has 9 nitrogen and oxygen atoms in total. The van der Waals surface area contributed by atoms with Gasteiger partial charge in [0.05, 0.1) is 41.2 Å². The number of hydrogen-bond donors (Lipinski definition) is 0. The van der Waals surface area contributed by atoms with E-state index in [1.54, 1.807) is 0 Å². The van der Waals surface area contributed by atoms with Gasteiger partial charge < -0.3 is 0 Å². The number of aromatic nitrogens is 4. The van der Waals surface area contributed by atoms with Crippen LogP contribution in [-0.2, 0) is 22.6 Å². The van der Waals surface area contributed by atoms with Gasteiger partial charge in [-0.3, -0.25) is 24.0 Å². The maximum atomic E-state index is 13.2. The molecule has 0 unspecified atom stereocenters. The summed E-state index contributed by atoms with van der Waals surface area (Å²) in [5, 5.41) is 7.46. The average Bonchev–Trinajstić information content (AvgIpc) is 3.66. The zero-order valence-corrected chi connectivity index (χ0v) is 23.4. The van der Waals surface area contributed by atoms with E-state index in [2.05, 4.69) is 21.9 Å². The molecule has 3 amide bonds. The normalized spacial score (nSPS) is 22.1. The quantitative estimate of drug-likeness (QED) is 0.282. The maximum Gasteiger partial charge on any atom is 0.273 e. The summed E-state index contributed by atoms with van der Waals surface area (Å²) in [6, 6.07) is 14.4. The zero-order valence-electron chi connectivity index (χ0n) is 23.4. The molecule has 2 aliphatic carbocycles. The van der Waals surface area contributed by atoms with E-state index in [0.717, 1.165) is 69.8 Å². The Bertz CT molecular complexity index is 1740. The van der Waals surface area contributed by atoms with E-state index in [1.807, 2.05) is 42.6 Å². The van der Waals surface area contributed by atoms with Gasteiger partial charge in [-0.2, -0.15) is 10.1 Å². The third-order valence-electron chi connectivity index (χ3n) is 9.33. The summed E-state index contributed by atoms with van der Waals surface area (Å²) in [7, 11) is 0. The number of carbonyl (C=O) groups is 3. The Morgan fingerprint density at radius 3 is 2.48 bits per heavy atom. The van der Waals surface area contributed by atoms with Crippen LogP contribution in [0.5, 0.6) is 0 Å². The molecule has 8 rings (SSSR count). The molecular formula is C33H32N6O3. The van der Waals surface area contributed by atoms with E-state index in [-0.39, 0.29) is 24.3 Å². The van der Waals surface area contributed by atoms with Gasteiger partial charge in [-0.25, -0.2) is 9.99 Å². The fraction of sp³-hybridized carbons (Fsp3) is 0.394. The minimum absolute atomic E-state index is 0.254. The minimum Gasteiger partial charge on any atom is -0.273 e. The van der Waals surface area contributed by atoms with Crippen molar-refractivity contribution in [1.82, 2.24) is 29.8 Å². The number of para-hydroxylation sites is 2. The number of imide groups is 1. The van der Waals surface area contributed by atoms with Crippen LogP contribution in [0.1, 0.15) is 90.5 Å². The molecule has 9 heteroatoms. The fourth-order valence-electron chi connectivity index (χ4n) is 6.72. The standard InChI is InChI=1S/C33H32N6O3/c40-30-6-3-7-31(41)39(30)38-18-23-11-10-20(16-25(23)33(38)42)8-9-21-14-24(15-21)37-19-26(32(36-37)22-12-13-22)29-17-34-27-4-1-2-5-28(27)35-29/h1-2,4-5,10-11,16-17,19,21-22,24H,3,6-9,12-15,18H2. The summed E-state index contributed by atoms with van der Waals surface area (Å²) in [5.41, 5.74) is 7.59. The second kappa shape index (κ2) is 9.86. The number of benzene rings is 2. The minimum atomic E-state index is -0.286. The zero-order chi connectivity index (χ0) is 28.4. The molecule has 4 heterocycles. The van der Waals surface area contributed by atoms with E-state index in [4.69, 9.17) is 10.1 Å². The smallest absolute Gasteiger partial charge is 0.273 e. The molecule has 2 aromatic heterocycles. The maximum absolute atomic E-state index is 13.2. The summed E-state index contributed by atoms with van der Waals surface area (Å²) in [4.78, 5) is 47.4. The second-order valence-corrected chi connectivity index (χ2v) is 12.3. The predicted octanol–water partition coefficient (Wildman–Crippen LogP) is 5.36. The lowest BCUT2D eigenvalue weighted by molar-refractivity contribution is -0.163. The van der Waals surface area contributed by atoms with Crippen LogP contribution in [0.25, 0.3) is 22.3 Å². The summed E-state index contributed by atoms with van der Waals surface area (Å²) in [6.07, 6.45) is 11.7. The number of hydrazine groups is 1. The first kappa shape index (κ1) is 25.3. The van der Waals surface area contributed by atoms with Gasteiger partial charge in [-0.15, -0.1) is 0 Å². The van der Waals surface area contributed by atoms with E-state index in [0.29, 0.717) is 42.7 Å². The van der Waals surface area contributed by atoms with Crippen LogP contribution in [0.2, 0.25) is 0 Å². The van der Waals surface area contributed by atoms with Gasteiger partial charge in [0, 0.05) is 36.1 Å². The van der Waals surface area contributed by atoms with E-state index in [1.165, 1.54) is 17.9 Å². The van der Waals surface area contributed by atoms with Crippen molar-refractivity contribution in [2.24, 2.45) is 5.92 Å². The molecule has 2 aromatic carbocycles. The number of fused-ring (bicyclic) bond motifs is 2. The summed E-state index contributed by atoms with van der Waals surface area (Å²) in [5.74, 6) is 0.305. The van der Waals surface area contributed by atoms with Crippen LogP contribution in [0, 0.1) is 5.92 Å². The first-order valence-electron chi connectivity index (χ1n) is 15.1. The SMILES string of the molecule is O=C1c2cc(CCC3CC(n4cc(-c5cnc6ccccc6n5)c(C5CC5)n4)C3)ccc2CN1N1C(=O)CCCC1=O. The van der Waals surface area contributed by atoms with Crippen LogP contribution < -0.4 is 0 Å². The predicted molar refractivity (Wildman–Crippen MR) is 155 cm³/mol. The number of carbonyl (C=O) groups excluding carboxylic acids is 3. The van der Waals surface area contributed by atoms with Crippen molar-refractivity contribution in [2.75, 3.05) is 0 Å². The number of amides is 3. The fourth-order valence-corrected chi connectivity index (χ4v) is 6.72. The summed E-state index contributed by atoms with van der Waals surface area (Å²) in [6.45, 7) is 0.274. The van der Waals surface area contributed by atoms with Gasteiger partial charge in [0.2, 0.25) is 11.8 Å². The molecule has 2 saturated carbocycles. The summed E-state index contributed by atoms with van der Waals surface area (Å²) >= 11 is 0. The van der Waals surface area contributed by atoms with Crippen LogP contribution in [-0.4, -0.2) is 47.5 Å². The topological polar surface area (TPSA) is 101 Å². The molecule has 1 saturated heterocycles. The van der Waals surface area contributed by atoms with Gasteiger partial charge in [0.25, 0.3) is 5.91 Å². The summed E-state index contributed by atoms with van der Waals surface area (Å²) < 4.78 is 2.17. The molecule has 4 aliphatic rings. The highest BCUT2D eigenvalue weighted by atomic mass is 16.2. The average molecular weight is 561 g/mol. The van der Waals surface area contributed by atoms with Crippen molar-refractivity contribution in [3.63, 3.8) is 0 Å². The van der Waals surface area contributed by atoms with Crippen LogP contribution in [0.4, 0.5) is 0 Å². The van der Waals surface area contributed by atoms with Gasteiger partial charge in [0.15, 0.2) is 0 Å². The van der Waals surface area contributed by atoms with Crippen molar-refractivity contribution in [2.45, 2.75) is 76.3 Å². The molecule has 0 bridgehead atoms. The molecule has 3 fully saturated rings. The largest absolute Gasteiger partial charge is 0.273 e. The molecule has 0 radical (unpaired) electrons. The van der Waals surface area contributed by atoms with Gasteiger partial charge in [0.1, 0.15) is 0 Å². The second-order valence-electron chi connectivity index (χ2n) is 12.3. The van der Waals surface area contributed by atoms with Crippen molar-refractivity contribution >= 4 is 28.8 Å². The monoisotopic (exact) mass is 560 g/mol. The van der Waals surface area contributed by atoms with Crippen LogP contribution >= 0.6 is 0 Å². The molecule has 0 spiro atoms. The number of nitrogens with zero attached hydrogens (tertiary/aromatic N) is 6. The van der Waals surface area contributed by atoms with Crippen molar-refractivity contribution < 1.29 is 14.4 Å². The number of piperidine rings is 1. The van der Waals surface area contributed by atoms with E-state index in [9.17, 15) is 14.4 Å². The first-order chi connectivity index (χ1) is 20.5. The Kier molecular flexibility index (Phi) is 5.94. The molecule has 2 aliphatic heterocycles. The Morgan fingerprint density at radius 1 is 0.905 bits per heavy atom. The van der Waals surface area contributed by atoms with Crippen LogP contribution in [0.3, 0.4) is 0 Å². The van der Waals surface area contributed by atoms with E-state index < -0.39 is 0 Å². The van der Waals surface area contributed by atoms with E-state index >= 15 is 0 Å². The lowest BCUT2D eigenvalue weighted by Gasteiger charge is -2.35. The molecule has 0 N–H and O–H groups in total. The molecule has 0 atom stereocenters. The van der Waals surface area contributed by atoms with Gasteiger partial charge >= 0.3 is 0 Å². The first-order valence-corrected chi connectivity index (χ1v) is 15.1. The lowest BCUT2D eigenvalue weighted by atomic mass is 9.77. The van der Waals surface area contributed by atoms with Crippen molar-refractivity contribution in [3.05, 3.63) is 77.2 Å². The van der Waals surface area contributed by atoms with Gasteiger partial charge in [-0.1, -0.05) is 24.3 Å². The molecular weight excluding hydrogens is 528 g/mol. The molecule has 42 heavy (non-hydrogen) atoms. The number of hydrogen-bond acceptors (Lipinski definition) is 6. The highest BCUT2D eigenvalue weighted by Gasteiger charge is 2.39. The Morgan fingerprint density at radius 2 is 1.69 bits per heavy atom. The Hall–Kier alpha value is -4.40. The van der Waals surface area contributed by atoms with Crippen LogP contribution in [0.15, 0.2) is 54.9 Å². The third-order valence-corrected chi connectivity index (χ3v) is 9.33. The Balaban J connectivity index is 0.918. The van der Waals surface area contributed by atoms with Crippen molar-refractivity contribution in [1.29, 1.82) is 0 Å². The van der Waals surface area contributed by atoms with Gasteiger partial charge in [-0.05, 0) is 80.2 Å². The number of aryl methyl sites for hydroxylation is 1. The molecule has 4 aromatic rings. The highest BCUT2D eigenvalue weighted by molar-refractivity contribution is 6.04. The lowest BCUT2D eigenvalue weighted by Crippen LogP contribution is -2.51. The Labute approximate surface area is 243 Å². The molecule has 212 valence electrons. The van der Waals surface area contributed by atoms with Crippen molar-refractivity contribution in [3.8, 4) is 11.3 Å².